The molecule has 1 aliphatic rings. The molecule has 0 amide bonds. The van der Waals surface area contributed by atoms with E-state index in [1.165, 1.54) is 7.11 Å². The molecule has 1 rings (SSSR count). The first-order chi connectivity index (χ1) is 7.79. The minimum Gasteiger partial charge on any atom is -0.468 e. The highest BCUT2D eigenvalue weighted by Gasteiger charge is 2.36. The second-order valence-corrected chi connectivity index (χ2v) is 4.26. The normalized spacial score (nSPS) is 17.1. The Bertz CT molecular complexity index is 204. The summed E-state index contributed by atoms with van der Waals surface area (Å²) in [5.74, 6) is 0.362. The van der Waals surface area contributed by atoms with Gasteiger partial charge < -0.3 is 14.8 Å². The summed E-state index contributed by atoms with van der Waals surface area (Å²) in [7, 11) is 1.45. The van der Waals surface area contributed by atoms with Gasteiger partial charge in [-0.1, -0.05) is 6.92 Å². The Kier molecular flexibility index (Phi) is 6.42. The molecule has 0 aromatic rings. The lowest BCUT2D eigenvalue weighted by atomic mass is 10.2. The predicted molar refractivity (Wildman–Crippen MR) is 62.3 cm³/mol. The van der Waals surface area contributed by atoms with Crippen molar-refractivity contribution >= 4 is 5.97 Å². The lowest BCUT2D eigenvalue weighted by Crippen LogP contribution is -2.40. The molecule has 1 saturated carbocycles. The molecule has 0 bridgehead atoms. The van der Waals surface area contributed by atoms with Crippen LogP contribution in [0.2, 0.25) is 0 Å². The molecule has 1 fully saturated rings. The largest absolute Gasteiger partial charge is 0.468 e. The zero-order valence-electron chi connectivity index (χ0n) is 10.3. The number of esters is 1. The van der Waals surface area contributed by atoms with Crippen LogP contribution in [0.1, 0.15) is 32.6 Å². The van der Waals surface area contributed by atoms with Crippen molar-refractivity contribution < 1.29 is 14.3 Å². The first-order valence-corrected chi connectivity index (χ1v) is 6.18. The Balaban J connectivity index is 2.06. The molecular formula is C12H23NO3. The number of hydrogen-bond donors (Lipinski definition) is 1. The minimum atomic E-state index is -0.128. The number of hydrogen-bond acceptors (Lipinski definition) is 4. The molecule has 1 atom stereocenters. The maximum atomic E-state index is 11.4. The molecule has 0 radical (unpaired) electrons. The maximum absolute atomic E-state index is 11.4. The number of carbonyl (C=O) groups is 1. The van der Waals surface area contributed by atoms with E-state index in [1.807, 2.05) is 0 Å². The molecule has 4 heteroatoms. The fourth-order valence-corrected chi connectivity index (χ4v) is 1.68. The monoisotopic (exact) mass is 229 g/mol. The summed E-state index contributed by atoms with van der Waals surface area (Å²) in [6.45, 7) is 4.50. The van der Waals surface area contributed by atoms with Crippen LogP contribution in [-0.4, -0.2) is 38.9 Å². The van der Waals surface area contributed by atoms with Gasteiger partial charge in [0.1, 0.15) is 6.04 Å². The average molecular weight is 229 g/mol. The molecule has 0 aliphatic heterocycles. The standard InChI is InChI=1S/C12H23NO3/c1-3-8-16-9-4-7-13-11(10-5-6-10)12(14)15-2/h10-11,13H,3-9H2,1-2H3. The highest BCUT2D eigenvalue weighted by molar-refractivity contribution is 5.76. The van der Waals surface area contributed by atoms with E-state index in [0.717, 1.165) is 45.4 Å². The second kappa shape index (κ2) is 7.63. The Labute approximate surface area is 97.7 Å². The van der Waals surface area contributed by atoms with Crippen molar-refractivity contribution in [1.82, 2.24) is 5.32 Å². The van der Waals surface area contributed by atoms with Crippen LogP contribution in [0.5, 0.6) is 0 Å². The van der Waals surface area contributed by atoms with Crippen molar-refractivity contribution in [1.29, 1.82) is 0 Å². The van der Waals surface area contributed by atoms with Gasteiger partial charge >= 0.3 is 5.97 Å². The van der Waals surface area contributed by atoms with Gasteiger partial charge in [-0.15, -0.1) is 0 Å². The molecule has 0 aromatic heterocycles. The van der Waals surface area contributed by atoms with E-state index >= 15 is 0 Å². The Morgan fingerprint density at radius 2 is 2.19 bits per heavy atom. The van der Waals surface area contributed by atoms with E-state index < -0.39 is 0 Å². The Morgan fingerprint density at radius 3 is 2.75 bits per heavy atom. The van der Waals surface area contributed by atoms with E-state index in [1.54, 1.807) is 0 Å². The minimum absolute atomic E-state index is 0.101. The van der Waals surface area contributed by atoms with Gasteiger partial charge in [0, 0.05) is 13.2 Å². The molecule has 4 nitrogen and oxygen atoms in total. The third-order valence-electron chi connectivity index (χ3n) is 2.73. The van der Waals surface area contributed by atoms with Crippen LogP contribution in [-0.2, 0) is 14.3 Å². The van der Waals surface area contributed by atoms with Gasteiger partial charge in [-0.3, -0.25) is 4.79 Å². The summed E-state index contributed by atoms with van der Waals surface area (Å²) in [5, 5.41) is 3.25. The van der Waals surface area contributed by atoms with Crippen LogP contribution in [0, 0.1) is 5.92 Å². The van der Waals surface area contributed by atoms with Crippen molar-refractivity contribution in [3.63, 3.8) is 0 Å². The van der Waals surface area contributed by atoms with Gasteiger partial charge in [-0.05, 0) is 38.1 Å². The Morgan fingerprint density at radius 1 is 1.44 bits per heavy atom. The molecule has 0 saturated heterocycles. The molecule has 16 heavy (non-hydrogen) atoms. The van der Waals surface area contributed by atoms with E-state index in [4.69, 9.17) is 9.47 Å². The Hall–Kier alpha value is -0.610. The number of carbonyl (C=O) groups excluding carboxylic acids is 1. The predicted octanol–water partition coefficient (Wildman–Crippen LogP) is 1.34. The van der Waals surface area contributed by atoms with Gasteiger partial charge in [0.25, 0.3) is 0 Å². The van der Waals surface area contributed by atoms with Gasteiger partial charge in [0.2, 0.25) is 0 Å². The molecule has 0 spiro atoms. The fraction of sp³-hybridized carbons (Fsp3) is 0.917. The number of rotatable bonds is 9. The number of methoxy groups -OCH3 is 1. The van der Waals surface area contributed by atoms with Crippen molar-refractivity contribution in [2.45, 2.75) is 38.6 Å². The van der Waals surface area contributed by atoms with E-state index in [-0.39, 0.29) is 12.0 Å². The maximum Gasteiger partial charge on any atom is 0.323 e. The van der Waals surface area contributed by atoms with Crippen molar-refractivity contribution in [3.8, 4) is 0 Å². The van der Waals surface area contributed by atoms with Gasteiger partial charge in [-0.2, -0.15) is 0 Å². The summed E-state index contributed by atoms with van der Waals surface area (Å²) in [6.07, 6.45) is 4.28. The summed E-state index contributed by atoms with van der Waals surface area (Å²) in [5.41, 5.74) is 0. The molecule has 0 heterocycles. The van der Waals surface area contributed by atoms with Crippen molar-refractivity contribution in [2.24, 2.45) is 5.92 Å². The second-order valence-electron chi connectivity index (χ2n) is 4.26. The quantitative estimate of drug-likeness (QED) is 0.479. The van der Waals surface area contributed by atoms with E-state index in [2.05, 4.69) is 12.2 Å². The van der Waals surface area contributed by atoms with Crippen molar-refractivity contribution in [3.05, 3.63) is 0 Å². The summed E-state index contributed by atoms with van der Waals surface area (Å²) < 4.78 is 10.1. The first-order valence-electron chi connectivity index (χ1n) is 6.18. The zero-order valence-corrected chi connectivity index (χ0v) is 10.3. The SMILES string of the molecule is CCCOCCCNC(C(=O)OC)C1CC1. The summed E-state index contributed by atoms with van der Waals surface area (Å²) in [4.78, 5) is 11.4. The summed E-state index contributed by atoms with van der Waals surface area (Å²) >= 11 is 0. The first kappa shape index (κ1) is 13.5. The highest BCUT2D eigenvalue weighted by atomic mass is 16.5. The smallest absolute Gasteiger partial charge is 0.323 e. The van der Waals surface area contributed by atoms with Crippen LogP contribution < -0.4 is 5.32 Å². The average Bonchev–Trinajstić information content (AvgIpc) is 3.11. The molecule has 94 valence electrons. The van der Waals surface area contributed by atoms with Crippen molar-refractivity contribution in [2.75, 3.05) is 26.9 Å². The van der Waals surface area contributed by atoms with E-state index in [0.29, 0.717) is 5.92 Å². The zero-order chi connectivity index (χ0) is 11.8. The summed E-state index contributed by atoms with van der Waals surface area (Å²) in [6, 6.07) is -0.101. The van der Waals surface area contributed by atoms with Crippen LogP contribution >= 0.6 is 0 Å². The lowest BCUT2D eigenvalue weighted by Gasteiger charge is -2.15. The van der Waals surface area contributed by atoms with Gasteiger partial charge in [-0.25, -0.2) is 0 Å². The molecular weight excluding hydrogens is 206 g/mol. The number of nitrogens with one attached hydrogen (secondary N) is 1. The third kappa shape index (κ3) is 4.94. The van der Waals surface area contributed by atoms with Crippen LogP contribution in [0.25, 0.3) is 0 Å². The topological polar surface area (TPSA) is 47.6 Å². The molecule has 0 aromatic carbocycles. The molecule has 1 N–H and O–H groups in total. The van der Waals surface area contributed by atoms with E-state index in [9.17, 15) is 4.79 Å². The van der Waals surface area contributed by atoms with Crippen LogP contribution in [0.3, 0.4) is 0 Å². The fourth-order valence-electron chi connectivity index (χ4n) is 1.68. The lowest BCUT2D eigenvalue weighted by molar-refractivity contribution is -0.143. The van der Waals surface area contributed by atoms with Gasteiger partial charge in [0.15, 0.2) is 0 Å². The molecule has 1 unspecified atom stereocenters. The third-order valence-corrected chi connectivity index (χ3v) is 2.73. The molecule has 1 aliphatic carbocycles. The number of ether oxygens (including phenoxy) is 2. The van der Waals surface area contributed by atoms with Crippen LogP contribution in [0.4, 0.5) is 0 Å². The highest BCUT2D eigenvalue weighted by Crippen LogP contribution is 2.33. The van der Waals surface area contributed by atoms with Crippen LogP contribution in [0.15, 0.2) is 0 Å². The van der Waals surface area contributed by atoms with Gasteiger partial charge in [0.05, 0.1) is 7.11 Å².